The van der Waals surface area contributed by atoms with Crippen molar-refractivity contribution in [1.29, 1.82) is 0 Å². The highest BCUT2D eigenvalue weighted by molar-refractivity contribution is 6.01. The second kappa shape index (κ2) is 3.31. The van der Waals surface area contributed by atoms with Crippen LogP contribution < -0.4 is 0 Å². The van der Waals surface area contributed by atoms with Gasteiger partial charge in [-0.1, -0.05) is 19.3 Å². The molecule has 3 heteroatoms. The molecule has 3 rings (SSSR count). The van der Waals surface area contributed by atoms with E-state index in [1.54, 1.807) is 0 Å². The number of ketones is 1. The Kier molecular flexibility index (Phi) is 2.13. The summed E-state index contributed by atoms with van der Waals surface area (Å²) in [6.07, 6.45) is 5.50. The van der Waals surface area contributed by atoms with Gasteiger partial charge in [0.15, 0.2) is 5.78 Å². The highest BCUT2D eigenvalue weighted by Crippen LogP contribution is 2.52. The first-order valence-corrected chi connectivity index (χ1v) is 6.32. The molecule has 88 valence electrons. The predicted molar refractivity (Wildman–Crippen MR) is 57.7 cm³/mol. The maximum absolute atomic E-state index is 12.0. The molecule has 1 saturated heterocycles. The lowest BCUT2D eigenvalue weighted by Gasteiger charge is -2.46. The first-order chi connectivity index (χ1) is 7.59. The molecule has 4 atom stereocenters. The topological polar surface area (TPSA) is 43.4 Å². The number of ether oxygens (including phenoxy) is 1. The third-order valence-corrected chi connectivity index (χ3v) is 4.95. The van der Waals surface area contributed by atoms with Crippen LogP contribution in [-0.2, 0) is 14.3 Å². The molecule has 0 amide bonds. The van der Waals surface area contributed by atoms with E-state index in [1.165, 1.54) is 19.3 Å². The Morgan fingerprint density at radius 2 is 2.00 bits per heavy atom. The monoisotopic (exact) mass is 222 g/mol. The van der Waals surface area contributed by atoms with E-state index in [2.05, 4.69) is 0 Å². The van der Waals surface area contributed by atoms with Gasteiger partial charge >= 0.3 is 5.97 Å². The van der Waals surface area contributed by atoms with Crippen LogP contribution in [0.25, 0.3) is 0 Å². The van der Waals surface area contributed by atoms with E-state index in [1.807, 2.05) is 6.92 Å². The molecule has 3 aliphatic rings. The highest BCUT2D eigenvalue weighted by atomic mass is 16.5. The normalized spacial score (nSPS) is 47.2. The molecule has 0 N–H and O–H groups in total. The molecule has 2 aliphatic carbocycles. The van der Waals surface area contributed by atoms with Crippen LogP contribution in [0, 0.1) is 17.3 Å². The Bertz CT molecular complexity index is 349. The van der Waals surface area contributed by atoms with Gasteiger partial charge in [0.1, 0.15) is 12.5 Å². The van der Waals surface area contributed by atoms with Crippen molar-refractivity contribution < 1.29 is 14.3 Å². The summed E-state index contributed by atoms with van der Waals surface area (Å²) in [6, 6.07) is 0. The molecule has 3 fully saturated rings. The molecule has 1 aliphatic heterocycles. The van der Waals surface area contributed by atoms with Crippen molar-refractivity contribution in [2.75, 3.05) is 0 Å². The molecule has 0 aromatic heterocycles. The molecule has 2 saturated carbocycles. The Labute approximate surface area is 95.5 Å². The lowest BCUT2D eigenvalue weighted by atomic mass is 9.62. The number of Topliss-reactive ketones (excluding diaryl/α,β-unsaturated/α-hetero) is 1. The average molecular weight is 222 g/mol. The van der Waals surface area contributed by atoms with E-state index in [4.69, 9.17) is 4.74 Å². The lowest BCUT2D eigenvalue weighted by Crippen LogP contribution is -2.53. The number of rotatable bonds is 0. The maximum Gasteiger partial charge on any atom is 0.313 e. The van der Waals surface area contributed by atoms with E-state index in [0.29, 0.717) is 11.8 Å². The summed E-state index contributed by atoms with van der Waals surface area (Å²) < 4.78 is 5.41. The minimum atomic E-state index is -0.376. The van der Waals surface area contributed by atoms with Crippen molar-refractivity contribution in [3.05, 3.63) is 0 Å². The molecule has 0 bridgehead atoms. The van der Waals surface area contributed by atoms with Crippen LogP contribution in [0.3, 0.4) is 0 Å². The Morgan fingerprint density at radius 3 is 2.81 bits per heavy atom. The van der Waals surface area contributed by atoms with Crippen molar-refractivity contribution in [2.45, 2.75) is 51.6 Å². The molecule has 0 aromatic carbocycles. The van der Waals surface area contributed by atoms with Gasteiger partial charge < -0.3 is 4.74 Å². The Hall–Kier alpha value is -0.860. The summed E-state index contributed by atoms with van der Waals surface area (Å²) in [5, 5.41) is 0. The average Bonchev–Trinajstić information content (AvgIpc) is 2.63. The SMILES string of the molecule is CC12CC3CCCC3CC1OC(=O)CC2=O. The summed E-state index contributed by atoms with van der Waals surface area (Å²) in [5.74, 6) is 1.18. The van der Waals surface area contributed by atoms with Gasteiger partial charge in [-0.2, -0.15) is 0 Å². The summed E-state index contributed by atoms with van der Waals surface area (Å²) in [6.45, 7) is 2.00. The van der Waals surface area contributed by atoms with E-state index in [9.17, 15) is 9.59 Å². The minimum absolute atomic E-state index is 0.00954. The second-order valence-corrected chi connectivity index (χ2v) is 5.89. The number of hydrogen-bond donors (Lipinski definition) is 0. The van der Waals surface area contributed by atoms with E-state index < -0.39 is 0 Å². The first-order valence-electron chi connectivity index (χ1n) is 6.32. The largest absolute Gasteiger partial charge is 0.461 e. The van der Waals surface area contributed by atoms with Crippen LogP contribution in [0.15, 0.2) is 0 Å². The molecule has 4 unspecified atom stereocenters. The van der Waals surface area contributed by atoms with Crippen molar-refractivity contribution in [3.63, 3.8) is 0 Å². The van der Waals surface area contributed by atoms with Gasteiger partial charge in [0.05, 0.1) is 5.41 Å². The number of fused-ring (bicyclic) bond motifs is 2. The van der Waals surface area contributed by atoms with Gasteiger partial charge in [0, 0.05) is 0 Å². The number of esters is 1. The van der Waals surface area contributed by atoms with Crippen molar-refractivity contribution in [3.8, 4) is 0 Å². The van der Waals surface area contributed by atoms with Crippen LogP contribution >= 0.6 is 0 Å². The third-order valence-electron chi connectivity index (χ3n) is 4.95. The van der Waals surface area contributed by atoms with Crippen molar-refractivity contribution in [1.82, 2.24) is 0 Å². The van der Waals surface area contributed by atoms with E-state index in [-0.39, 0.29) is 29.7 Å². The van der Waals surface area contributed by atoms with Crippen molar-refractivity contribution >= 4 is 11.8 Å². The molecule has 16 heavy (non-hydrogen) atoms. The fraction of sp³-hybridized carbons (Fsp3) is 0.846. The summed E-state index contributed by atoms with van der Waals surface area (Å²) in [7, 11) is 0. The van der Waals surface area contributed by atoms with E-state index in [0.717, 1.165) is 12.8 Å². The van der Waals surface area contributed by atoms with E-state index >= 15 is 0 Å². The van der Waals surface area contributed by atoms with Gasteiger partial charge in [0.2, 0.25) is 0 Å². The second-order valence-electron chi connectivity index (χ2n) is 5.89. The zero-order chi connectivity index (χ0) is 11.3. The van der Waals surface area contributed by atoms with Crippen LogP contribution in [-0.4, -0.2) is 17.9 Å². The molecule has 0 radical (unpaired) electrons. The molecular formula is C13H18O3. The minimum Gasteiger partial charge on any atom is -0.461 e. The summed E-state index contributed by atoms with van der Waals surface area (Å²) >= 11 is 0. The number of carbonyl (C=O) groups is 2. The van der Waals surface area contributed by atoms with Crippen LogP contribution in [0.5, 0.6) is 0 Å². The molecular weight excluding hydrogens is 204 g/mol. The standard InChI is InChI=1S/C13H18O3/c1-13-7-9-4-2-3-8(9)5-11(13)16-12(15)6-10(13)14/h8-9,11H,2-7H2,1H3. The summed E-state index contributed by atoms with van der Waals surface area (Å²) in [4.78, 5) is 23.4. The fourth-order valence-electron chi connectivity index (χ4n) is 3.91. The van der Waals surface area contributed by atoms with Gasteiger partial charge in [-0.3, -0.25) is 9.59 Å². The van der Waals surface area contributed by atoms with Crippen molar-refractivity contribution in [2.24, 2.45) is 17.3 Å². The summed E-state index contributed by atoms with van der Waals surface area (Å²) in [5.41, 5.74) is -0.376. The third kappa shape index (κ3) is 1.33. The predicted octanol–water partition coefficient (Wildman–Crippen LogP) is 2.09. The van der Waals surface area contributed by atoms with Crippen LogP contribution in [0.4, 0.5) is 0 Å². The Balaban J connectivity index is 1.89. The van der Waals surface area contributed by atoms with Gasteiger partial charge in [-0.15, -0.1) is 0 Å². The highest BCUT2D eigenvalue weighted by Gasteiger charge is 2.54. The molecule has 1 heterocycles. The van der Waals surface area contributed by atoms with Crippen LogP contribution in [0.2, 0.25) is 0 Å². The van der Waals surface area contributed by atoms with Crippen LogP contribution in [0.1, 0.15) is 45.4 Å². The zero-order valence-corrected chi connectivity index (χ0v) is 9.70. The lowest BCUT2D eigenvalue weighted by molar-refractivity contribution is -0.179. The van der Waals surface area contributed by atoms with Gasteiger partial charge in [0.25, 0.3) is 0 Å². The van der Waals surface area contributed by atoms with Gasteiger partial charge in [-0.25, -0.2) is 0 Å². The number of carbonyl (C=O) groups excluding carboxylic acids is 2. The molecule has 0 spiro atoms. The maximum atomic E-state index is 12.0. The fourth-order valence-corrected chi connectivity index (χ4v) is 3.91. The Morgan fingerprint density at radius 1 is 1.25 bits per heavy atom. The molecule has 3 nitrogen and oxygen atoms in total. The number of hydrogen-bond acceptors (Lipinski definition) is 3. The zero-order valence-electron chi connectivity index (χ0n) is 9.70. The quantitative estimate of drug-likeness (QED) is 0.465. The van der Waals surface area contributed by atoms with Gasteiger partial charge in [-0.05, 0) is 31.6 Å². The first kappa shape index (κ1) is 10.3. The molecule has 0 aromatic rings. The smallest absolute Gasteiger partial charge is 0.313 e.